The number of anilines is 1. The molecule has 19 heavy (non-hydrogen) atoms. The fraction of sp³-hybridized carbons (Fsp3) is 0.0714. The third-order valence-corrected chi connectivity index (χ3v) is 4.84. The Bertz CT molecular complexity index is 618. The van der Waals surface area contributed by atoms with Crippen LogP contribution in [0.2, 0.25) is 0 Å². The zero-order valence-corrected chi connectivity index (χ0v) is 13.5. The van der Waals surface area contributed by atoms with Gasteiger partial charge >= 0.3 is 0 Å². The normalized spacial score (nSPS) is 10.3. The van der Waals surface area contributed by atoms with E-state index in [0.29, 0.717) is 11.3 Å². The van der Waals surface area contributed by atoms with Crippen LogP contribution in [-0.2, 0) is 11.2 Å². The van der Waals surface area contributed by atoms with Crippen LogP contribution >= 0.6 is 38.5 Å². The van der Waals surface area contributed by atoms with Gasteiger partial charge in [-0.15, -0.1) is 0 Å². The molecule has 2 aromatic carbocycles. The minimum atomic E-state index is -0.358. The first kappa shape index (κ1) is 14.5. The smallest absolute Gasteiger partial charge is 0.228 e. The number of hydrogen-bond acceptors (Lipinski definition) is 1. The van der Waals surface area contributed by atoms with Gasteiger partial charge in [-0.05, 0) is 68.3 Å². The highest BCUT2D eigenvalue weighted by Crippen LogP contribution is 2.22. The monoisotopic (exact) mass is 433 g/mol. The Morgan fingerprint density at radius 1 is 1.26 bits per heavy atom. The van der Waals surface area contributed by atoms with Gasteiger partial charge in [-0.1, -0.05) is 18.2 Å². The molecule has 2 rings (SSSR count). The van der Waals surface area contributed by atoms with Gasteiger partial charge in [0, 0.05) is 13.7 Å². The molecular weight excluding hydrogens is 424 g/mol. The summed E-state index contributed by atoms with van der Waals surface area (Å²) in [6.45, 7) is 0. The van der Waals surface area contributed by atoms with Crippen molar-refractivity contribution in [1.29, 1.82) is 0 Å². The van der Waals surface area contributed by atoms with Gasteiger partial charge in [0.2, 0.25) is 5.91 Å². The number of hydrogen-bond donors (Lipinski definition) is 1. The van der Waals surface area contributed by atoms with Gasteiger partial charge in [0.05, 0.1) is 6.42 Å². The third kappa shape index (κ3) is 4.01. The summed E-state index contributed by atoms with van der Waals surface area (Å²) in [6, 6.07) is 11.8. The Labute approximate surface area is 132 Å². The van der Waals surface area contributed by atoms with E-state index < -0.39 is 0 Å². The second-order valence-corrected chi connectivity index (χ2v) is 5.96. The Kier molecular flexibility index (Phi) is 4.93. The van der Waals surface area contributed by atoms with Crippen LogP contribution in [0.1, 0.15) is 5.56 Å². The van der Waals surface area contributed by atoms with Crippen molar-refractivity contribution in [2.24, 2.45) is 0 Å². The molecule has 0 fully saturated rings. The Morgan fingerprint density at radius 2 is 2.00 bits per heavy atom. The summed E-state index contributed by atoms with van der Waals surface area (Å²) in [5.74, 6) is -0.591. The maximum absolute atomic E-state index is 13.4. The third-order valence-electron chi connectivity index (χ3n) is 2.51. The molecule has 0 aliphatic carbocycles. The largest absolute Gasteiger partial charge is 0.326 e. The predicted octanol–water partition coefficient (Wildman–Crippen LogP) is 4.37. The number of benzene rings is 2. The standard InChI is InChI=1S/C14H10BrFINO/c15-11-6-5-10(8-13(11)17)18-14(19)7-9-3-1-2-4-12(9)16/h1-6,8H,7H2,(H,18,19). The van der Waals surface area contributed by atoms with Gasteiger partial charge in [-0.2, -0.15) is 0 Å². The van der Waals surface area contributed by atoms with Crippen molar-refractivity contribution in [3.63, 3.8) is 0 Å². The van der Waals surface area contributed by atoms with Crippen molar-refractivity contribution < 1.29 is 9.18 Å². The fourth-order valence-electron chi connectivity index (χ4n) is 1.59. The lowest BCUT2D eigenvalue weighted by atomic mass is 10.1. The van der Waals surface area contributed by atoms with Gasteiger partial charge in [0.1, 0.15) is 5.82 Å². The second kappa shape index (κ2) is 6.47. The molecule has 98 valence electrons. The molecule has 0 aliphatic rings. The van der Waals surface area contributed by atoms with Crippen LogP contribution < -0.4 is 5.32 Å². The minimum Gasteiger partial charge on any atom is -0.326 e. The molecule has 0 aromatic heterocycles. The van der Waals surface area contributed by atoms with Crippen LogP contribution in [0, 0.1) is 9.39 Å². The molecule has 0 aliphatic heterocycles. The first-order valence-corrected chi connectivity index (χ1v) is 7.42. The average Bonchev–Trinajstić information content (AvgIpc) is 2.37. The van der Waals surface area contributed by atoms with Crippen molar-refractivity contribution in [2.45, 2.75) is 6.42 Å². The summed E-state index contributed by atoms with van der Waals surface area (Å²) in [6.07, 6.45) is 0.0271. The second-order valence-electron chi connectivity index (χ2n) is 3.95. The zero-order chi connectivity index (χ0) is 13.8. The summed E-state index contributed by atoms with van der Waals surface area (Å²) in [5, 5.41) is 2.75. The van der Waals surface area contributed by atoms with Crippen LogP contribution in [-0.4, -0.2) is 5.91 Å². The van der Waals surface area contributed by atoms with E-state index in [1.807, 2.05) is 12.1 Å². The molecule has 0 saturated heterocycles. The van der Waals surface area contributed by atoms with Crippen molar-refractivity contribution in [3.8, 4) is 0 Å². The van der Waals surface area contributed by atoms with Crippen LogP contribution in [0.15, 0.2) is 46.9 Å². The topological polar surface area (TPSA) is 29.1 Å². The van der Waals surface area contributed by atoms with E-state index in [9.17, 15) is 9.18 Å². The Hall–Kier alpha value is -0.950. The molecule has 5 heteroatoms. The molecule has 0 heterocycles. The highest BCUT2D eigenvalue weighted by atomic mass is 127. The van der Waals surface area contributed by atoms with Crippen molar-refractivity contribution in [2.75, 3.05) is 5.32 Å². The number of carbonyl (C=O) groups is 1. The van der Waals surface area contributed by atoms with Crippen LogP contribution in [0.25, 0.3) is 0 Å². The summed E-state index contributed by atoms with van der Waals surface area (Å²) >= 11 is 5.56. The van der Waals surface area contributed by atoms with E-state index in [0.717, 1.165) is 8.04 Å². The number of nitrogens with one attached hydrogen (secondary N) is 1. The van der Waals surface area contributed by atoms with Gasteiger partial charge in [0.25, 0.3) is 0 Å². The molecule has 0 bridgehead atoms. The molecule has 2 nitrogen and oxygen atoms in total. The van der Waals surface area contributed by atoms with Gasteiger partial charge in [-0.25, -0.2) is 4.39 Å². The highest BCUT2D eigenvalue weighted by Gasteiger charge is 2.08. The summed E-state index contributed by atoms with van der Waals surface area (Å²) in [7, 11) is 0. The number of carbonyl (C=O) groups excluding carboxylic acids is 1. The van der Waals surface area contributed by atoms with Crippen molar-refractivity contribution >= 4 is 50.1 Å². The molecule has 0 unspecified atom stereocenters. The number of halogens is 3. The lowest BCUT2D eigenvalue weighted by Gasteiger charge is -2.07. The molecule has 2 aromatic rings. The fourth-order valence-corrected chi connectivity index (χ4v) is 2.36. The molecule has 0 atom stereocenters. The van der Waals surface area contributed by atoms with E-state index in [1.165, 1.54) is 6.07 Å². The average molecular weight is 434 g/mol. The molecule has 0 spiro atoms. The SMILES string of the molecule is O=C(Cc1ccccc1F)Nc1ccc(Br)c(I)c1. The number of rotatable bonds is 3. The molecule has 1 amide bonds. The van der Waals surface area contributed by atoms with Gasteiger partial charge in [0.15, 0.2) is 0 Å². The van der Waals surface area contributed by atoms with Crippen LogP contribution in [0.5, 0.6) is 0 Å². The maximum atomic E-state index is 13.4. The molecule has 0 saturated carbocycles. The van der Waals surface area contributed by atoms with Crippen LogP contribution in [0.4, 0.5) is 10.1 Å². The number of amides is 1. The lowest BCUT2D eigenvalue weighted by Crippen LogP contribution is -2.15. The zero-order valence-electron chi connectivity index (χ0n) is 9.79. The van der Waals surface area contributed by atoms with Crippen molar-refractivity contribution in [3.05, 3.63) is 61.9 Å². The molecule has 0 radical (unpaired) electrons. The lowest BCUT2D eigenvalue weighted by molar-refractivity contribution is -0.115. The Morgan fingerprint density at radius 3 is 2.68 bits per heavy atom. The maximum Gasteiger partial charge on any atom is 0.228 e. The summed E-state index contributed by atoms with van der Waals surface area (Å²) < 4.78 is 15.4. The first-order valence-electron chi connectivity index (χ1n) is 5.54. The summed E-state index contributed by atoms with van der Waals surface area (Å²) in [5.41, 5.74) is 1.10. The van der Waals surface area contributed by atoms with Gasteiger partial charge in [-0.3, -0.25) is 4.79 Å². The predicted molar refractivity (Wildman–Crippen MR) is 85.6 cm³/mol. The van der Waals surface area contributed by atoms with E-state index in [-0.39, 0.29) is 18.1 Å². The first-order chi connectivity index (χ1) is 9.06. The van der Waals surface area contributed by atoms with E-state index >= 15 is 0 Å². The summed E-state index contributed by atoms with van der Waals surface area (Å²) in [4.78, 5) is 11.8. The van der Waals surface area contributed by atoms with E-state index in [4.69, 9.17) is 0 Å². The van der Waals surface area contributed by atoms with Crippen molar-refractivity contribution in [1.82, 2.24) is 0 Å². The quantitative estimate of drug-likeness (QED) is 0.715. The van der Waals surface area contributed by atoms with Crippen LogP contribution in [0.3, 0.4) is 0 Å². The molecular formula is C14H10BrFINO. The van der Waals surface area contributed by atoms with Gasteiger partial charge < -0.3 is 5.32 Å². The highest BCUT2D eigenvalue weighted by molar-refractivity contribution is 14.1. The van der Waals surface area contributed by atoms with E-state index in [2.05, 4.69) is 43.8 Å². The molecule has 1 N–H and O–H groups in total. The minimum absolute atomic E-state index is 0.0271. The Balaban J connectivity index is 2.05. The van der Waals surface area contributed by atoms with E-state index in [1.54, 1.807) is 24.3 Å².